The number of hydrazine groups is 1. The third-order valence-corrected chi connectivity index (χ3v) is 4.04. The van der Waals surface area contributed by atoms with E-state index in [9.17, 15) is 4.79 Å². The van der Waals surface area contributed by atoms with Crippen molar-refractivity contribution in [3.63, 3.8) is 0 Å². The molecule has 1 aromatic heterocycles. The van der Waals surface area contributed by atoms with E-state index in [1.165, 1.54) is 0 Å². The number of benzene rings is 1. The molecule has 1 saturated heterocycles. The van der Waals surface area contributed by atoms with Gasteiger partial charge < -0.3 is 5.32 Å². The number of hydrogen-bond acceptors (Lipinski definition) is 4. The van der Waals surface area contributed by atoms with Crippen molar-refractivity contribution in [1.29, 1.82) is 0 Å². The summed E-state index contributed by atoms with van der Waals surface area (Å²) in [4.78, 5) is 16.5. The number of amides is 1. The van der Waals surface area contributed by atoms with Crippen LogP contribution in [0.1, 0.15) is 23.7 Å². The van der Waals surface area contributed by atoms with Crippen molar-refractivity contribution in [2.75, 3.05) is 0 Å². The Balaban J connectivity index is 1.55. The summed E-state index contributed by atoms with van der Waals surface area (Å²) in [6.07, 6.45) is 2.41. The molecule has 6 heteroatoms. The Morgan fingerprint density at radius 3 is 2.82 bits per heavy atom. The van der Waals surface area contributed by atoms with Crippen molar-refractivity contribution < 1.29 is 4.79 Å². The average molecular weight is 317 g/mol. The van der Waals surface area contributed by atoms with Gasteiger partial charge in [0.1, 0.15) is 6.04 Å². The van der Waals surface area contributed by atoms with Gasteiger partial charge in [0.15, 0.2) is 0 Å². The average Bonchev–Trinajstić information content (AvgIpc) is 3.05. The molecule has 1 aliphatic rings. The summed E-state index contributed by atoms with van der Waals surface area (Å²) < 4.78 is 0. The van der Waals surface area contributed by atoms with Gasteiger partial charge in [-0.25, -0.2) is 10.9 Å². The lowest BCUT2D eigenvalue weighted by Gasteiger charge is -2.11. The summed E-state index contributed by atoms with van der Waals surface area (Å²) in [7, 11) is 0. The Morgan fingerprint density at radius 2 is 2.05 bits per heavy atom. The normalized spacial score (nSPS) is 20.8. The van der Waals surface area contributed by atoms with Gasteiger partial charge in [0.2, 0.25) is 5.91 Å². The Hall–Kier alpha value is -1.95. The molecule has 22 heavy (non-hydrogen) atoms. The molecule has 1 fully saturated rings. The molecule has 3 rings (SSSR count). The van der Waals surface area contributed by atoms with Crippen LogP contribution < -0.4 is 16.2 Å². The van der Waals surface area contributed by atoms with E-state index in [1.807, 2.05) is 42.5 Å². The molecule has 2 atom stereocenters. The van der Waals surface area contributed by atoms with Gasteiger partial charge in [-0.15, -0.1) is 0 Å². The van der Waals surface area contributed by atoms with Crippen molar-refractivity contribution >= 4 is 17.5 Å². The number of carbonyl (C=O) groups excluding carboxylic acids is 1. The van der Waals surface area contributed by atoms with E-state index in [-0.39, 0.29) is 18.0 Å². The molecule has 1 aliphatic heterocycles. The molecule has 5 nitrogen and oxygen atoms in total. The van der Waals surface area contributed by atoms with Crippen LogP contribution in [0.3, 0.4) is 0 Å². The molecule has 3 N–H and O–H groups in total. The second-order valence-corrected chi connectivity index (χ2v) is 5.60. The highest BCUT2D eigenvalue weighted by molar-refractivity contribution is 6.31. The number of pyridine rings is 1. The lowest BCUT2D eigenvalue weighted by atomic mass is 10.1. The Bertz CT molecular complexity index is 650. The number of nitrogens with zero attached hydrogens (tertiary/aromatic N) is 1. The molecule has 114 valence electrons. The van der Waals surface area contributed by atoms with Crippen LogP contribution in [0.4, 0.5) is 0 Å². The minimum atomic E-state index is -0.283. The summed E-state index contributed by atoms with van der Waals surface area (Å²) in [5.74, 6) is -0.0501. The van der Waals surface area contributed by atoms with Crippen LogP contribution in [-0.4, -0.2) is 16.9 Å². The summed E-state index contributed by atoms with van der Waals surface area (Å²) in [5.41, 5.74) is 7.97. The zero-order valence-corrected chi connectivity index (χ0v) is 12.7. The lowest BCUT2D eigenvalue weighted by molar-refractivity contribution is -0.123. The summed E-state index contributed by atoms with van der Waals surface area (Å²) >= 11 is 6.08. The van der Waals surface area contributed by atoms with Gasteiger partial charge in [-0.1, -0.05) is 35.9 Å². The summed E-state index contributed by atoms with van der Waals surface area (Å²) in [6.45, 7) is 0.422. The van der Waals surface area contributed by atoms with E-state index >= 15 is 0 Å². The van der Waals surface area contributed by atoms with Gasteiger partial charge in [-0.2, -0.15) is 0 Å². The van der Waals surface area contributed by atoms with Crippen LogP contribution in [-0.2, 0) is 11.3 Å². The van der Waals surface area contributed by atoms with Crippen LogP contribution in [0.5, 0.6) is 0 Å². The Labute approximate surface area is 134 Å². The third kappa shape index (κ3) is 3.44. The second kappa shape index (κ2) is 6.87. The topological polar surface area (TPSA) is 66.0 Å². The Morgan fingerprint density at radius 1 is 1.23 bits per heavy atom. The van der Waals surface area contributed by atoms with Crippen molar-refractivity contribution in [3.05, 3.63) is 64.9 Å². The van der Waals surface area contributed by atoms with Gasteiger partial charge in [-0.05, 0) is 30.2 Å². The first kappa shape index (κ1) is 15.0. The molecule has 0 aliphatic carbocycles. The number of nitrogens with one attached hydrogen (secondary N) is 3. The minimum Gasteiger partial charge on any atom is -0.351 e. The lowest BCUT2D eigenvalue weighted by Crippen LogP contribution is -2.42. The van der Waals surface area contributed by atoms with Gasteiger partial charge in [0.25, 0.3) is 0 Å². The highest BCUT2D eigenvalue weighted by Gasteiger charge is 2.30. The maximum absolute atomic E-state index is 12.2. The fourth-order valence-electron chi connectivity index (χ4n) is 2.45. The van der Waals surface area contributed by atoms with E-state index < -0.39 is 0 Å². The Kier molecular flexibility index (Phi) is 4.68. The SMILES string of the molecule is O=C(NCc1ccccc1Cl)C1CC(c2ccccn2)NN1. The first-order valence-corrected chi connectivity index (χ1v) is 7.55. The standard InChI is InChI=1S/C16H17ClN4O/c17-12-6-2-1-5-11(12)10-19-16(22)15-9-14(20-21-15)13-7-3-4-8-18-13/h1-8,14-15,20-21H,9-10H2,(H,19,22). The number of halogens is 1. The predicted octanol–water partition coefficient (Wildman–Crippen LogP) is 1.96. The summed E-state index contributed by atoms with van der Waals surface area (Å²) in [6, 6.07) is 13.0. The maximum atomic E-state index is 12.2. The molecule has 0 spiro atoms. The van der Waals surface area contributed by atoms with Crippen molar-refractivity contribution in [3.8, 4) is 0 Å². The van der Waals surface area contributed by atoms with Crippen molar-refractivity contribution in [1.82, 2.24) is 21.2 Å². The van der Waals surface area contributed by atoms with Crippen molar-refractivity contribution in [2.45, 2.75) is 25.0 Å². The fourth-order valence-corrected chi connectivity index (χ4v) is 2.65. The maximum Gasteiger partial charge on any atom is 0.238 e. The van der Waals surface area contributed by atoms with Crippen LogP contribution in [0, 0.1) is 0 Å². The molecule has 1 amide bonds. The molecular formula is C16H17ClN4O. The summed E-state index contributed by atoms with van der Waals surface area (Å²) in [5, 5.41) is 3.57. The van der Waals surface area contributed by atoms with E-state index in [4.69, 9.17) is 11.6 Å². The molecule has 2 aromatic rings. The third-order valence-electron chi connectivity index (χ3n) is 3.68. The van der Waals surface area contributed by atoms with Crippen LogP contribution in [0.25, 0.3) is 0 Å². The largest absolute Gasteiger partial charge is 0.351 e. The van der Waals surface area contributed by atoms with Crippen LogP contribution >= 0.6 is 11.6 Å². The first-order chi connectivity index (χ1) is 10.7. The second-order valence-electron chi connectivity index (χ2n) is 5.19. The van der Waals surface area contributed by atoms with Crippen molar-refractivity contribution in [2.24, 2.45) is 0 Å². The van der Waals surface area contributed by atoms with Gasteiger partial charge >= 0.3 is 0 Å². The minimum absolute atomic E-state index is 0.0391. The van der Waals surface area contributed by atoms with Crippen LogP contribution in [0.15, 0.2) is 48.7 Å². The number of hydrogen-bond donors (Lipinski definition) is 3. The van der Waals surface area contributed by atoms with Gasteiger partial charge in [0.05, 0.1) is 11.7 Å². The predicted molar refractivity (Wildman–Crippen MR) is 85.0 cm³/mol. The van der Waals surface area contributed by atoms with Gasteiger partial charge in [-0.3, -0.25) is 9.78 Å². The number of aromatic nitrogens is 1. The number of rotatable bonds is 4. The molecule has 2 heterocycles. The quantitative estimate of drug-likeness (QED) is 0.807. The molecule has 0 radical (unpaired) electrons. The zero-order valence-electron chi connectivity index (χ0n) is 11.9. The highest BCUT2D eigenvalue weighted by Crippen LogP contribution is 2.20. The highest BCUT2D eigenvalue weighted by atomic mass is 35.5. The number of carbonyl (C=O) groups is 1. The zero-order chi connectivity index (χ0) is 15.4. The smallest absolute Gasteiger partial charge is 0.238 e. The molecule has 0 saturated carbocycles. The van der Waals surface area contributed by atoms with E-state index in [2.05, 4.69) is 21.2 Å². The van der Waals surface area contributed by atoms with Gasteiger partial charge in [0, 0.05) is 17.8 Å². The van der Waals surface area contributed by atoms with E-state index in [0.717, 1.165) is 11.3 Å². The van der Waals surface area contributed by atoms with E-state index in [1.54, 1.807) is 6.20 Å². The fraction of sp³-hybridized carbons (Fsp3) is 0.250. The van der Waals surface area contributed by atoms with Crippen LogP contribution in [0.2, 0.25) is 5.02 Å². The van der Waals surface area contributed by atoms with E-state index in [0.29, 0.717) is 18.0 Å². The molecular weight excluding hydrogens is 300 g/mol. The molecule has 2 unspecified atom stereocenters. The molecule has 0 bridgehead atoms. The first-order valence-electron chi connectivity index (χ1n) is 7.17. The monoisotopic (exact) mass is 316 g/mol. The molecule has 1 aromatic carbocycles.